The fraction of sp³-hybridized carbons (Fsp3) is 0.882. The highest BCUT2D eigenvalue weighted by Gasteiger charge is 2.35. The SMILES string of the molecule is CCC1CC(NC(=O)OC(C)(C)C)CN(C(=O)C(C)(C)C)C1. The van der Waals surface area contributed by atoms with Crippen LogP contribution in [0.4, 0.5) is 4.79 Å². The van der Waals surface area contributed by atoms with Crippen LogP contribution in [0, 0.1) is 11.3 Å². The summed E-state index contributed by atoms with van der Waals surface area (Å²) in [7, 11) is 0. The van der Waals surface area contributed by atoms with Gasteiger partial charge in [0.25, 0.3) is 0 Å². The van der Waals surface area contributed by atoms with E-state index in [1.165, 1.54) is 0 Å². The molecule has 0 spiro atoms. The Hall–Kier alpha value is -1.26. The number of rotatable bonds is 2. The summed E-state index contributed by atoms with van der Waals surface area (Å²) in [5.41, 5.74) is -0.907. The van der Waals surface area contributed by atoms with Gasteiger partial charge >= 0.3 is 6.09 Å². The molecule has 1 N–H and O–H groups in total. The highest BCUT2D eigenvalue weighted by atomic mass is 16.6. The number of piperidine rings is 1. The van der Waals surface area contributed by atoms with Crippen LogP contribution < -0.4 is 5.32 Å². The van der Waals surface area contributed by atoms with Crippen molar-refractivity contribution in [1.82, 2.24) is 10.2 Å². The lowest BCUT2D eigenvalue weighted by Gasteiger charge is -2.40. The Kier molecular flexibility index (Phi) is 5.88. The lowest BCUT2D eigenvalue weighted by atomic mass is 9.88. The zero-order chi connectivity index (χ0) is 17.1. The molecule has 0 radical (unpaired) electrons. The van der Waals surface area contributed by atoms with E-state index in [1.54, 1.807) is 0 Å². The van der Waals surface area contributed by atoms with Crippen molar-refractivity contribution in [1.29, 1.82) is 0 Å². The number of likely N-dealkylation sites (tertiary alicyclic amines) is 1. The molecule has 2 unspecified atom stereocenters. The Morgan fingerprint density at radius 3 is 2.18 bits per heavy atom. The van der Waals surface area contributed by atoms with Crippen LogP contribution in [-0.4, -0.2) is 41.6 Å². The van der Waals surface area contributed by atoms with Crippen molar-refractivity contribution in [2.75, 3.05) is 13.1 Å². The molecule has 128 valence electrons. The minimum absolute atomic E-state index is 0.0418. The van der Waals surface area contributed by atoms with Gasteiger partial charge in [-0.15, -0.1) is 0 Å². The van der Waals surface area contributed by atoms with Gasteiger partial charge < -0.3 is 15.0 Å². The summed E-state index contributed by atoms with van der Waals surface area (Å²) >= 11 is 0. The quantitative estimate of drug-likeness (QED) is 0.852. The van der Waals surface area contributed by atoms with Gasteiger partial charge in [0, 0.05) is 18.5 Å². The van der Waals surface area contributed by atoms with Gasteiger partial charge in [0.1, 0.15) is 5.60 Å². The summed E-state index contributed by atoms with van der Waals surface area (Å²) in [5, 5.41) is 2.92. The summed E-state index contributed by atoms with van der Waals surface area (Å²) in [6.07, 6.45) is 1.49. The number of hydrogen-bond acceptors (Lipinski definition) is 3. The molecule has 0 bridgehead atoms. The first-order chi connectivity index (χ1) is 9.92. The van der Waals surface area contributed by atoms with E-state index in [0.717, 1.165) is 19.4 Å². The van der Waals surface area contributed by atoms with Crippen molar-refractivity contribution in [2.45, 2.75) is 73.0 Å². The van der Waals surface area contributed by atoms with Crippen LogP contribution >= 0.6 is 0 Å². The molecule has 2 atom stereocenters. The number of alkyl carbamates (subject to hydrolysis) is 1. The molecule has 0 aromatic carbocycles. The average molecular weight is 312 g/mol. The Morgan fingerprint density at radius 2 is 1.73 bits per heavy atom. The molecular formula is C17H32N2O3. The van der Waals surface area contributed by atoms with E-state index in [0.29, 0.717) is 12.5 Å². The molecule has 2 amide bonds. The van der Waals surface area contributed by atoms with E-state index >= 15 is 0 Å². The fourth-order valence-electron chi connectivity index (χ4n) is 2.72. The lowest BCUT2D eigenvalue weighted by Crippen LogP contribution is -2.55. The standard InChI is InChI=1S/C17H32N2O3/c1-8-12-9-13(18-15(21)22-17(5,6)7)11-19(10-12)14(20)16(2,3)4/h12-13H,8-11H2,1-7H3,(H,18,21). The molecule has 1 heterocycles. The van der Waals surface area contributed by atoms with Gasteiger partial charge in [-0.25, -0.2) is 4.79 Å². The summed E-state index contributed by atoms with van der Waals surface area (Å²) in [5.74, 6) is 0.557. The molecule has 22 heavy (non-hydrogen) atoms. The molecule has 0 aromatic rings. The second kappa shape index (κ2) is 6.88. The Morgan fingerprint density at radius 1 is 1.14 bits per heavy atom. The molecule has 5 nitrogen and oxygen atoms in total. The van der Waals surface area contributed by atoms with E-state index in [9.17, 15) is 9.59 Å². The first-order valence-corrected chi connectivity index (χ1v) is 8.21. The molecule has 1 saturated heterocycles. The number of carbonyl (C=O) groups is 2. The van der Waals surface area contributed by atoms with Crippen LogP contribution in [0.2, 0.25) is 0 Å². The van der Waals surface area contributed by atoms with Crippen LogP contribution in [0.25, 0.3) is 0 Å². The highest BCUT2D eigenvalue weighted by molar-refractivity contribution is 5.81. The van der Waals surface area contributed by atoms with Crippen LogP contribution in [0.3, 0.4) is 0 Å². The van der Waals surface area contributed by atoms with Gasteiger partial charge in [-0.05, 0) is 33.1 Å². The molecule has 0 aliphatic carbocycles. The van der Waals surface area contributed by atoms with Crippen molar-refractivity contribution in [2.24, 2.45) is 11.3 Å². The Labute approximate surface area is 134 Å². The second-order valence-electron chi connectivity index (χ2n) is 8.31. The predicted molar refractivity (Wildman–Crippen MR) is 87.6 cm³/mol. The molecule has 1 fully saturated rings. The van der Waals surface area contributed by atoms with Crippen molar-refractivity contribution >= 4 is 12.0 Å². The number of nitrogens with one attached hydrogen (secondary N) is 1. The normalized spacial score (nSPS) is 23.1. The van der Waals surface area contributed by atoms with Gasteiger partial charge in [0.15, 0.2) is 0 Å². The number of nitrogens with zero attached hydrogens (tertiary/aromatic N) is 1. The zero-order valence-electron chi connectivity index (χ0n) is 15.2. The highest BCUT2D eigenvalue weighted by Crippen LogP contribution is 2.25. The van der Waals surface area contributed by atoms with Gasteiger partial charge in [-0.2, -0.15) is 0 Å². The predicted octanol–water partition coefficient (Wildman–Crippen LogP) is 3.18. The monoisotopic (exact) mass is 312 g/mol. The summed E-state index contributed by atoms with van der Waals surface area (Å²) in [6, 6.07) is -0.0418. The van der Waals surface area contributed by atoms with E-state index in [-0.39, 0.29) is 11.9 Å². The molecule has 1 aliphatic heterocycles. The van der Waals surface area contributed by atoms with Gasteiger partial charge in [0.2, 0.25) is 5.91 Å². The third-order valence-electron chi connectivity index (χ3n) is 3.76. The molecule has 1 aliphatic rings. The molecule has 0 aromatic heterocycles. The largest absolute Gasteiger partial charge is 0.444 e. The van der Waals surface area contributed by atoms with Crippen LogP contribution in [0.1, 0.15) is 61.3 Å². The number of carbonyl (C=O) groups excluding carboxylic acids is 2. The molecule has 1 rings (SSSR count). The van der Waals surface area contributed by atoms with E-state index < -0.39 is 17.1 Å². The lowest BCUT2D eigenvalue weighted by molar-refractivity contribution is -0.142. The van der Waals surface area contributed by atoms with Crippen molar-refractivity contribution in [3.05, 3.63) is 0 Å². The Bertz CT molecular complexity index is 407. The maximum Gasteiger partial charge on any atom is 0.407 e. The summed E-state index contributed by atoms with van der Waals surface area (Å²) < 4.78 is 5.32. The minimum Gasteiger partial charge on any atom is -0.444 e. The van der Waals surface area contributed by atoms with Crippen molar-refractivity contribution < 1.29 is 14.3 Å². The smallest absolute Gasteiger partial charge is 0.407 e. The molecule has 5 heteroatoms. The maximum absolute atomic E-state index is 12.5. The van der Waals surface area contributed by atoms with Gasteiger partial charge in [-0.3, -0.25) is 4.79 Å². The van der Waals surface area contributed by atoms with Crippen molar-refractivity contribution in [3.63, 3.8) is 0 Å². The van der Waals surface area contributed by atoms with E-state index in [2.05, 4.69) is 12.2 Å². The second-order valence-corrected chi connectivity index (χ2v) is 8.31. The number of hydrogen-bond donors (Lipinski definition) is 1. The average Bonchev–Trinajstić information content (AvgIpc) is 2.33. The topological polar surface area (TPSA) is 58.6 Å². The molecule has 0 saturated carbocycles. The van der Waals surface area contributed by atoms with Crippen molar-refractivity contribution in [3.8, 4) is 0 Å². The summed E-state index contributed by atoms with van der Waals surface area (Å²) in [4.78, 5) is 26.4. The third-order valence-corrected chi connectivity index (χ3v) is 3.76. The Balaban J connectivity index is 2.71. The zero-order valence-corrected chi connectivity index (χ0v) is 15.2. The number of ether oxygens (including phenoxy) is 1. The summed E-state index contributed by atoms with van der Waals surface area (Å²) in [6.45, 7) is 14.8. The fourth-order valence-corrected chi connectivity index (χ4v) is 2.72. The van der Waals surface area contributed by atoms with Gasteiger partial charge in [0.05, 0.1) is 6.04 Å². The number of amides is 2. The molecular weight excluding hydrogens is 280 g/mol. The van der Waals surface area contributed by atoms with Gasteiger partial charge in [-0.1, -0.05) is 34.1 Å². The van der Waals surface area contributed by atoms with Crippen LogP contribution in [0.15, 0.2) is 0 Å². The minimum atomic E-state index is -0.510. The van der Waals surface area contributed by atoms with E-state index in [1.807, 2.05) is 46.4 Å². The van der Waals surface area contributed by atoms with E-state index in [4.69, 9.17) is 4.74 Å². The third kappa shape index (κ3) is 5.85. The first-order valence-electron chi connectivity index (χ1n) is 8.21. The van der Waals surface area contributed by atoms with Crippen LogP contribution in [0.5, 0.6) is 0 Å². The first kappa shape index (κ1) is 18.8. The maximum atomic E-state index is 12.5. The van der Waals surface area contributed by atoms with Crippen LogP contribution in [-0.2, 0) is 9.53 Å².